The van der Waals surface area contributed by atoms with Crippen LogP contribution in [0.4, 0.5) is 11.4 Å². The van der Waals surface area contributed by atoms with E-state index in [0.29, 0.717) is 28.8 Å². The zero-order chi connectivity index (χ0) is 35.9. The van der Waals surface area contributed by atoms with Crippen LogP contribution in [-0.4, -0.2) is 111 Å². The highest BCUT2D eigenvalue weighted by Gasteiger charge is 2.41. The van der Waals surface area contributed by atoms with Crippen molar-refractivity contribution in [3.8, 4) is 0 Å². The van der Waals surface area contributed by atoms with Crippen LogP contribution in [0.2, 0.25) is 10.0 Å². The lowest BCUT2D eigenvalue weighted by molar-refractivity contribution is -0.170. The van der Waals surface area contributed by atoms with Crippen molar-refractivity contribution >= 4 is 70.4 Å². The average molecular weight is 732 g/mol. The molecule has 1 fully saturated rings. The predicted octanol–water partition coefficient (Wildman–Crippen LogP) is 4.78. The van der Waals surface area contributed by atoms with Crippen molar-refractivity contribution in [1.29, 1.82) is 0 Å². The number of nitrogens with one attached hydrogen (secondary N) is 1. The SMILES string of the molecule is CN1CCC(CN(C)CCCOC(=O)Cc2ccccc2Nc2c(Cl)cccc2Cl)(SN=O)CC1.O=C(O)CC(O)(CC(=O)O)C(=O)O. The number of hydrogen-bond donors (Lipinski definition) is 5. The first kappa shape index (κ1) is 40.7. The van der Waals surface area contributed by atoms with Crippen molar-refractivity contribution in [2.24, 2.45) is 4.58 Å². The Morgan fingerprint density at radius 3 is 2.15 bits per heavy atom. The predicted molar refractivity (Wildman–Crippen MR) is 183 cm³/mol. The number of nitroso groups, excluding NO2 is 1. The minimum Gasteiger partial charge on any atom is -0.481 e. The monoisotopic (exact) mass is 730 g/mol. The van der Waals surface area contributed by atoms with Gasteiger partial charge >= 0.3 is 23.9 Å². The Labute approximate surface area is 292 Å². The average Bonchev–Trinajstić information content (AvgIpc) is 2.99. The van der Waals surface area contributed by atoms with Gasteiger partial charge in [0.1, 0.15) is 0 Å². The number of nitrogens with zero attached hydrogens (tertiary/aromatic N) is 3. The number of esters is 1. The number of anilines is 2. The van der Waals surface area contributed by atoms with Crippen molar-refractivity contribution in [2.45, 2.75) is 48.9 Å². The number of ether oxygens (including phenoxy) is 1. The Morgan fingerprint density at radius 2 is 1.60 bits per heavy atom. The van der Waals surface area contributed by atoms with Gasteiger partial charge in [-0.3, -0.25) is 14.4 Å². The maximum atomic E-state index is 12.5. The minimum atomic E-state index is -2.74. The minimum absolute atomic E-state index is 0.138. The summed E-state index contributed by atoms with van der Waals surface area (Å²) in [7, 11) is 4.14. The maximum absolute atomic E-state index is 12.5. The van der Waals surface area contributed by atoms with E-state index in [1.54, 1.807) is 18.2 Å². The molecule has 2 aromatic rings. The largest absolute Gasteiger partial charge is 0.481 e. The fourth-order valence-electron chi connectivity index (χ4n) is 4.94. The molecule has 0 radical (unpaired) electrons. The van der Waals surface area contributed by atoms with Crippen LogP contribution < -0.4 is 5.32 Å². The zero-order valence-electron chi connectivity index (χ0n) is 26.6. The number of aliphatic hydroxyl groups is 1. The topological polar surface area (TPSA) is 206 Å². The quantitative estimate of drug-likeness (QED) is 0.0643. The number of aliphatic carboxylic acids is 3. The molecule has 0 bridgehead atoms. The van der Waals surface area contributed by atoms with E-state index in [1.807, 2.05) is 31.3 Å². The third-order valence-corrected chi connectivity index (χ3v) is 9.12. The normalized spacial score (nSPS) is 14.4. The van der Waals surface area contributed by atoms with Crippen LogP contribution in [0.25, 0.3) is 0 Å². The number of carbonyl (C=O) groups is 4. The summed E-state index contributed by atoms with van der Waals surface area (Å²) < 4.78 is 8.51. The number of carboxylic acids is 3. The third kappa shape index (κ3) is 13.6. The van der Waals surface area contributed by atoms with Gasteiger partial charge in [-0.25, -0.2) is 4.79 Å². The second-order valence-corrected chi connectivity index (χ2v) is 13.5. The summed E-state index contributed by atoms with van der Waals surface area (Å²) in [5.74, 6) is -5.31. The third-order valence-electron chi connectivity index (χ3n) is 7.49. The van der Waals surface area contributed by atoms with Crippen LogP contribution in [0.5, 0.6) is 0 Å². The van der Waals surface area contributed by atoms with Crippen molar-refractivity contribution in [3.05, 3.63) is 63.0 Å². The van der Waals surface area contributed by atoms with Crippen molar-refractivity contribution in [1.82, 2.24) is 9.80 Å². The number of likely N-dealkylation sites (tertiary alicyclic amines) is 1. The van der Waals surface area contributed by atoms with E-state index in [-0.39, 0.29) is 17.1 Å². The van der Waals surface area contributed by atoms with Crippen LogP contribution in [-0.2, 0) is 30.3 Å². The van der Waals surface area contributed by atoms with Gasteiger partial charge in [-0.1, -0.05) is 47.5 Å². The lowest BCUT2D eigenvalue weighted by Gasteiger charge is -2.40. The molecule has 1 saturated heterocycles. The molecule has 0 unspecified atom stereocenters. The van der Waals surface area contributed by atoms with E-state index in [1.165, 1.54) is 11.9 Å². The van der Waals surface area contributed by atoms with Crippen LogP contribution >= 0.6 is 35.1 Å². The van der Waals surface area contributed by atoms with E-state index in [4.69, 9.17) is 48.4 Å². The van der Waals surface area contributed by atoms with Gasteiger partial charge in [-0.15, -0.1) is 4.91 Å². The van der Waals surface area contributed by atoms with Crippen molar-refractivity contribution < 1.29 is 44.3 Å². The lowest BCUT2D eigenvalue weighted by atomic mass is 9.95. The molecule has 0 aliphatic carbocycles. The number of para-hydroxylation sites is 2. The molecule has 264 valence electrons. The summed E-state index contributed by atoms with van der Waals surface area (Å²) in [5.41, 5.74) is -0.584. The Bertz CT molecular complexity index is 1390. The Hall–Kier alpha value is -3.47. The Morgan fingerprint density at radius 1 is 1.02 bits per heavy atom. The van der Waals surface area contributed by atoms with Gasteiger partial charge < -0.3 is 40.3 Å². The highest BCUT2D eigenvalue weighted by molar-refractivity contribution is 7.99. The summed E-state index contributed by atoms with van der Waals surface area (Å²) in [5, 5.41) is 38.1. The van der Waals surface area contributed by atoms with E-state index < -0.39 is 36.4 Å². The number of hydrogen-bond acceptors (Lipinski definition) is 12. The molecule has 17 heteroatoms. The standard InChI is InChI=1S/C25H32Cl2N4O3S.C6H8O7/c1-30-14-11-25(12-15-30,35-29-33)18-31(2)13-6-16-34-23(32)17-19-7-3-4-10-22(19)28-24-20(26)8-5-9-21(24)27;7-3(8)1-6(13,5(11)12)2-4(9)10/h3-5,7-10,28H,6,11-18H2,1-2H3;13H,1-2H2,(H,7,8)(H,9,10)(H,11,12). The van der Waals surface area contributed by atoms with E-state index in [9.17, 15) is 24.1 Å². The van der Waals surface area contributed by atoms with Crippen LogP contribution in [0.3, 0.4) is 0 Å². The number of halogens is 2. The number of piperidine rings is 1. The van der Waals surface area contributed by atoms with Gasteiger partial charge in [-0.05, 0) is 70.2 Å². The first-order chi connectivity index (χ1) is 22.6. The second-order valence-electron chi connectivity index (χ2n) is 11.5. The van der Waals surface area contributed by atoms with Crippen LogP contribution in [0.1, 0.15) is 37.7 Å². The van der Waals surface area contributed by atoms with Crippen LogP contribution in [0, 0.1) is 4.91 Å². The van der Waals surface area contributed by atoms with Gasteiger partial charge in [0, 0.05) is 35.3 Å². The highest BCUT2D eigenvalue weighted by Crippen LogP contribution is 2.37. The van der Waals surface area contributed by atoms with Gasteiger partial charge in [0.25, 0.3) is 0 Å². The molecule has 0 aromatic heterocycles. The number of carbonyl (C=O) groups excluding carboxylic acids is 1. The van der Waals surface area contributed by atoms with Crippen molar-refractivity contribution in [3.63, 3.8) is 0 Å². The molecular weight excluding hydrogens is 691 g/mol. The molecule has 0 spiro atoms. The van der Waals surface area contributed by atoms with Gasteiger partial charge in [0.05, 0.1) is 46.3 Å². The maximum Gasteiger partial charge on any atom is 0.336 e. The van der Waals surface area contributed by atoms with Crippen LogP contribution in [0.15, 0.2) is 47.0 Å². The molecule has 0 saturated carbocycles. The zero-order valence-corrected chi connectivity index (χ0v) is 28.9. The summed E-state index contributed by atoms with van der Waals surface area (Å²) in [6.45, 7) is 3.83. The Kier molecular flexibility index (Phi) is 16.5. The van der Waals surface area contributed by atoms with E-state index >= 15 is 0 Å². The first-order valence-corrected chi connectivity index (χ1v) is 16.3. The van der Waals surface area contributed by atoms with Gasteiger partial charge in [-0.2, -0.15) is 0 Å². The number of rotatable bonds is 17. The Balaban J connectivity index is 0.000000521. The molecule has 0 atom stereocenters. The summed E-state index contributed by atoms with van der Waals surface area (Å²) in [6.07, 6.45) is 0.438. The molecule has 5 N–H and O–H groups in total. The van der Waals surface area contributed by atoms with Gasteiger partial charge in [0.15, 0.2) is 5.60 Å². The van der Waals surface area contributed by atoms with E-state index in [0.717, 1.165) is 50.3 Å². The molecule has 48 heavy (non-hydrogen) atoms. The summed E-state index contributed by atoms with van der Waals surface area (Å²) in [6, 6.07) is 12.8. The number of carboxylic acid groups (broad SMARTS) is 3. The lowest BCUT2D eigenvalue weighted by Crippen LogP contribution is -2.47. The van der Waals surface area contributed by atoms with Crippen molar-refractivity contribution in [2.75, 3.05) is 52.2 Å². The molecule has 1 aliphatic rings. The smallest absolute Gasteiger partial charge is 0.336 e. The van der Waals surface area contributed by atoms with Gasteiger partial charge in [0.2, 0.25) is 0 Å². The number of benzene rings is 2. The highest BCUT2D eigenvalue weighted by atomic mass is 35.5. The molecule has 1 aliphatic heterocycles. The fourth-order valence-corrected chi connectivity index (χ4v) is 6.24. The van der Waals surface area contributed by atoms with E-state index in [2.05, 4.69) is 26.7 Å². The molecule has 1 heterocycles. The summed E-state index contributed by atoms with van der Waals surface area (Å²) in [4.78, 5) is 58.5. The second kappa shape index (κ2) is 19.5. The summed E-state index contributed by atoms with van der Waals surface area (Å²) >= 11 is 13.7. The first-order valence-electron chi connectivity index (χ1n) is 14.8. The molecule has 14 nitrogen and oxygen atoms in total. The molecule has 3 rings (SSSR count). The molecular formula is C31H40Cl2N4O10S. The molecule has 2 aromatic carbocycles. The molecule has 0 amide bonds. The fraction of sp³-hybridized carbons (Fsp3) is 0.484.